The monoisotopic (exact) mass is 493 g/mol. The first-order valence-electron chi connectivity index (χ1n) is 10.2. The van der Waals surface area contributed by atoms with E-state index in [-0.39, 0.29) is 5.91 Å². The number of benzene rings is 2. The number of amides is 1. The van der Waals surface area contributed by atoms with E-state index in [1.807, 2.05) is 6.07 Å². The molecule has 0 atom stereocenters. The predicted molar refractivity (Wildman–Crippen MR) is 121 cm³/mol. The summed E-state index contributed by atoms with van der Waals surface area (Å²) in [6.07, 6.45) is 7.39. The largest absolute Gasteiger partial charge is 0.480 e. The quantitative estimate of drug-likeness (QED) is 0.423. The lowest BCUT2D eigenvalue weighted by atomic mass is 10.0. The Morgan fingerprint density at radius 3 is 2.67 bits per heavy atom. The van der Waals surface area contributed by atoms with Crippen LogP contribution in [0.5, 0.6) is 5.75 Å². The lowest BCUT2D eigenvalue weighted by Crippen LogP contribution is -2.25. The second kappa shape index (κ2) is 10.8. The molecule has 3 rings (SSSR count). The van der Waals surface area contributed by atoms with Crippen molar-refractivity contribution >= 4 is 39.4 Å². The first-order valence-corrected chi connectivity index (χ1v) is 11.3. The van der Waals surface area contributed by atoms with Gasteiger partial charge in [-0.1, -0.05) is 49.4 Å². The summed E-state index contributed by atoms with van der Waals surface area (Å²) in [7, 11) is 0. The molecular weight excluding hydrogens is 470 g/mol. The van der Waals surface area contributed by atoms with E-state index in [0.29, 0.717) is 32.9 Å². The van der Waals surface area contributed by atoms with Crippen LogP contribution in [0.3, 0.4) is 0 Å². The molecule has 0 spiro atoms. The molecule has 1 aliphatic rings. The van der Waals surface area contributed by atoms with Crippen molar-refractivity contribution in [2.24, 2.45) is 5.92 Å². The fraction of sp³-hybridized carbons (Fsp3) is 0.391. The summed E-state index contributed by atoms with van der Waals surface area (Å²) in [5, 5.41) is 12.5. The molecule has 1 aliphatic carbocycles. The van der Waals surface area contributed by atoms with Crippen LogP contribution in [0.1, 0.15) is 48.9 Å². The maximum atomic E-state index is 12.7. The van der Waals surface area contributed by atoms with E-state index < -0.39 is 12.6 Å². The molecule has 7 heteroatoms. The summed E-state index contributed by atoms with van der Waals surface area (Å²) in [6.45, 7) is 0.148. The average molecular weight is 495 g/mol. The van der Waals surface area contributed by atoms with Crippen molar-refractivity contribution in [3.05, 3.63) is 51.5 Å². The standard InChI is InChI=1S/C23H25BrClNO4/c24-20-13-17(23(29)26-10-4-7-15-5-1-2-6-15)12-19(22(20)30-14-21(27)28)16-8-3-9-18(25)11-16/h3,8-9,11-13,15H,1-2,4-7,10,14H2,(H,26,29)(H,27,28). The Labute approximate surface area is 189 Å². The van der Waals surface area contributed by atoms with E-state index in [4.69, 9.17) is 21.4 Å². The number of carbonyl (C=O) groups is 2. The molecule has 1 amide bonds. The molecular formula is C23H25BrClNO4. The number of nitrogens with one attached hydrogen (secondary N) is 1. The average Bonchev–Trinajstić information content (AvgIpc) is 3.23. The molecule has 0 unspecified atom stereocenters. The van der Waals surface area contributed by atoms with Gasteiger partial charge in [-0.2, -0.15) is 0 Å². The van der Waals surface area contributed by atoms with Crippen LogP contribution < -0.4 is 10.1 Å². The SMILES string of the molecule is O=C(O)COc1c(Br)cc(C(=O)NCCCC2CCCC2)cc1-c1cccc(Cl)c1. The summed E-state index contributed by atoms with van der Waals surface area (Å²) >= 11 is 9.56. The minimum absolute atomic E-state index is 0.171. The molecule has 2 N–H and O–H groups in total. The zero-order chi connectivity index (χ0) is 21.5. The van der Waals surface area contributed by atoms with E-state index >= 15 is 0 Å². The van der Waals surface area contributed by atoms with Gasteiger partial charge in [0.15, 0.2) is 6.61 Å². The van der Waals surface area contributed by atoms with Gasteiger partial charge in [0, 0.05) is 22.7 Å². The molecule has 0 heterocycles. The molecule has 0 bridgehead atoms. The van der Waals surface area contributed by atoms with Crippen molar-refractivity contribution in [1.29, 1.82) is 0 Å². The lowest BCUT2D eigenvalue weighted by Gasteiger charge is -2.15. The van der Waals surface area contributed by atoms with E-state index in [1.165, 1.54) is 25.7 Å². The zero-order valence-corrected chi connectivity index (χ0v) is 19.0. The van der Waals surface area contributed by atoms with Crippen LogP contribution in [0.2, 0.25) is 5.02 Å². The van der Waals surface area contributed by atoms with E-state index in [9.17, 15) is 9.59 Å². The van der Waals surface area contributed by atoms with Gasteiger partial charge >= 0.3 is 5.97 Å². The van der Waals surface area contributed by atoms with Crippen LogP contribution in [0.15, 0.2) is 40.9 Å². The number of hydrogen-bond donors (Lipinski definition) is 2. The highest BCUT2D eigenvalue weighted by Gasteiger charge is 2.18. The lowest BCUT2D eigenvalue weighted by molar-refractivity contribution is -0.139. The molecule has 1 saturated carbocycles. The Hall–Kier alpha value is -2.05. The smallest absolute Gasteiger partial charge is 0.341 e. The summed E-state index contributed by atoms with van der Waals surface area (Å²) in [5.74, 6) is -0.0909. The van der Waals surface area contributed by atoms with Crippen molar-refractivity contribution in [3.63, 3.8) is 0 Å². The summed E-state index contributed by atoms with van der Waals surface area (Å²) in [6, 6.07) is 10.5. The van der Waals surface area contributed by atoms with Gasteiger partial charge in [0.05, 0.1) is 4.47 Å². The van der Waals surface area contributed by atoms with E-state index in [0.717, 1.165) is 24.3 Å². The summed E-state index contributed by atoms with van der Waals surface area (Å²) in [4.78, 5) is 23.7. The summed E-state index contributed by atoms with van der Waals surface area (Å²) < 4.78 is 6.00. The highest BCUT2D eigenvalue weighted by Crippen LogP contribution is 2.38. The van der Waals surface area contributed by atoms with Crippen LogP contribution in [0.4, 0.5) is 0 Å². The van der Waals surface area contributed by atoms with Gasteiger partial charge in [-0.15, -0.1) is 0 Å². The molecule has 0 radical (unpaired) electrons. The first kappa shape index (κ1) is 22.6. The van der Waals surface area contributed by atoms with Gasteiger partial charge in [-0.3, -0.25) is 4.79 Å². The molecule has 160 valence electrons. The Morgan fingerprint density at radius 1 is 1.20 bits per heavy atom. The highest BCUT2D eigenvalue weighted by atomic mass is 79.9. The fourth-order valence-corrected chi connectivity index (χ4v) is 4.63. The van der Waals surface area contributed by atoms with Gasteiger partial charge in [0.25, 0.3) is 5.91 Å². The third kappa shape index (κ3) is 6.22. The Morgan fingerprint density at radius 2 is 1.97 bits per heavy atom. The van der Waals surface area contributed by atoms with Gasteiger partial charge in [-0.25, -0.2) is 4.79 Å². The van der Waals surface area contributed by atoms with Crippen molar-refractivity contribution in [2.45, 2.75) is 38.5 Å². The molecule has 0 saturated heterocycles. The van der Waals surface area contributed by atoms with Gasteiger partial charge < -0.3 is 15.2 Å². The van der Waals surface area contributed by atoms with Crippen LogP contribution in [-0.4, -0.2) is 30.1 Å². The van der Waals surface area contributed by atoms with Crippen LogP contribution >= 0.6 is 27.5 Å². The number of halogens is 2. The molecule has 1 fully saturated rings. The number of carboxylic acid groups (broad SMARTS) is 1. The highest BCUT2D eigenvalue weighted by molar-refractivity contribution is 9.10. The molecule has 0 aromatic heterocycles. The number of hydrogen-bond acceptors (Lipinski definition) is 3. The number of rotatable bonds is 9. The fourth-order valence-electron chi connectivity index (χ4n) is 3.87. The summed E-state index contributed by atoms with van der Waals surface area (Å²) in [5.41, 5.74) is 1.81. The normalized spacial score (nSPS) is 13.9. The Balaban J connectivity index is 1.77. The second-order valence-electron chi connectivity index (χ2n) is 7.58. The molecule has 5 nitrogen and oxygen atoms in total. The number of aliphatic carboxylic acids is 1. The minimum atomic E-state index is -1.08. The van der Waals surface area contributed by atoms with Gasteiger partial charge in [-0.05, 0) is 64.5 Å². The third-order valence-electron chi connectivity index (χ3n) is 5.33. The van der Waals surface area contributed by atoms with Crippen molar-refractivity contribution < 1.29 is 19.4 Å². The third-order valence-corrected chi connectivity index (χ3v) is 6.15. The Kier molecular flexibility index (Phi) is 8.16. The number of ether oxygens (including phenoxy) is 1. The minimum Gasteiger partial charge on any atom is -0.480 e. The molecule has 2 aromatic rings. The number of carbonyl (C=O) groups excluding carboxylic acids is 1. The van der Waals surface area contributed by atoms with Crippen molar-refractivity contribution in [3.8, 4) is 16.9 Å². The first-order chi connectivity index (χ1) is 14.4. The zero-order valence-electron chi connectivity index (χ0n) is 16.6. The maximum Gasteiger partial charge on any atom is 0.341 e. The van der Waals surface area contributed by atoms with Crippen molar-refractivity contribution in [1.82, 2.24) is 5.32 Å². The van der Waals surface area contributed by atoms with Crippen LogP contribution in [0, 0.1) is 5.92 Å². The number of carboxylic acids is 1. The predicted octanol–water partition coefficient (Wildman–Crippen LogP) is 5.93. The van der Waals surface area contributed by atoms with Gasteiger partial charge in [0.2, 0.25) is 0 Å². The van der Waals surface area contributed by atoms with Crippen LogP contribution in [-0.2, 0) is 4.79 Å². The van der Waals surface area contributed by atoms with E-state index in [1.54, 1.807) is 30.3 Å². The maximum absolute atomic E-state index is 12.7. The topological polar surface area (TPSA) is 75.6 Å². The molecule has 2 aromatic carbocycles. The molecule has 0 aliphatic heterocycles. The molecule has 30 heavy (non-hydrogen) atoms. The van der Waals surface area contributed by atoms with Crippen molar-refractivity contribution in [2.75, 3.05) is 13.2 Å². The van der Waals surface area contributed by atoms with Crippen LogP contribution in [0.25, 0.3) is 11.1 Å². The van der Waals surface area contributed by atoms with Gasteiger partial charge in [0.1, 0.15) is 5.75 Å². The Bertz CT molecular complexity index is 912. The second-order valence-corrected chi connectivity index (χ2v) is 8.87. The van der Waals surface area contributed by atoms with E-state index in [2.05, 4.69) is 21.2 Å².